The van der Waals surface area contributed by atoms with Gasteiger partial charge in [-0.3, -0.25) is 9.59 Å². The number of carboxylic acids is 1. The first-order chi connectivity index (χ1) is 5.00. The quantitative estimate of drug-likeness (QED) is 0.741. The van der Waals surface area contributed by atoms with Gasteiger partial charge in [-0.05, 0) is 13.3 Å². The number of rotatable bonds is 4. The molecule has 0 aromatic heterocycles. The van der Waals surface area contributed by atoms with Crippen LogP contribution in [0.4, 0.5) is 0 Å². The average molecular weight is 190 g/mol. The van der Waals surface area contributed by atoms with Crippen LogP contribution in [0, 0.1) is 11.8 Å². The Balaban J connectivity index is -0.000000500. The number of aliphatic carboxylic acids is 1. The summed E-state index contributed by atoms with van der Waals surface area (Å²) in [5.74, 6) is -1.82. The minimum Gasteiger partial charge on any atom is -0.481 e. The second-order valence-electron chi connectivity index (χ2n) is 2.75. The van der Waals surface area contributed by atoms with Gasteiger partial charge < -0.3 is 5.11 Å². The monoisotopic (exact) mass is 190 g/mol. The van der Waals surface area contributed by atoms with Crippen LogP contribution in [0.5, 0.6) is 0 Å². The number of hydrogen-bond donors (Lipinski definition) is 1. The molecule has 0 saturated carbocycles. The van der Waals surface area contributed by atoms with Crippen LogP contribution in [0.3, 0.4) is 0 Å². The summed E-state index contributed by atoms with van der Waals surface area (Å²) in [6.45, 7) is 4.86. The summed E-state index contributed by atoms with van der Waals surface area (Å²) in [5, 5.41) is 8.64. The van der Waals surface area contributed by atoms with Crippen molar-refractivity contribution in [2.24, 2.45) is 11.8 Å². The van der Waals surface area contributed by atoms with E-state index < -0.39 is 11.9 Å². The van der Waals surface area contributed by atoms with Gasteiger partial charge in [0.1, 0.15) is 5.78 Å². The van der Waals surface area contributed by atoms with Gasteiger partial charge in [0.2, 0.25) is 0 Å². The van der Waals surface area contributed by atoms with Gasteiger partial charge in [-0.2, -0.15) is 0 Å². The highest BCUT2D eigenvalue weighted by Gasteiger charge is 2.25. The number of Topliss-reactive ketones (excluding diaryl/α,β-unsaturated/α-hetero) is 1. The van der Waals surface area contributed by atoms with Gasteiger partial charge in [-0.1, -0.05) is 28.7 Å². The zero-order chi connectivity index (χ0) is 9.02. The standard InChI is InChI=1S/C8H14O3.2CH4/c1-4-7(8(10)11)5(2)6(3)9;;/h5,7H,4H2,1-3H3,(H,10,11);2*1H4. The van der Waals surface area contributed by atoms with Crippen molar-refractivity contribution in [1.82, 2.24) is 0 Å². The molecule has 0 aromatic rings. The first kappa shape index (κ1) is 18.0. The van der Waals surface area contributed by atoms with Crippen molar-refractivity contribution in [2.75, 3.05) is 0 Å². The number of carbonyl (C=O) groups is 2. The van der Waals surface area contributed by atoms with E-state index >= 15 is 0 Å². The Morgan fingerprint density at radius 3 is 1.77 bits per heavy atom. The minimum atomic E-state index is -0.879. The van der Waals surface area contributed by atoms with Gasteiger partial charge in [-0.25, -0.2) is 0 Å². The van der Waals surface area contributed by atoms with E-state index in [0.717, 1.165) is 0 Å². The zero-order valence-corrected chi connectivity index (χ0v) is 7.13. The topological polar surface area (TPSA) is 54.4 Å². The maximum absolute atomic E-state index is 10.8. The van der Waals surface area contributed by atoms with Crippen LogP contribution in [0.25, 0.3) is 0 Å². The highest BCUT2D eigenvalue weighted by molar-refractivity contribution is 5.84. The van der Waals surface area contributed by atoms with E-state index in [1.165, 1.54) is 6.92 Å². The van der Waals surface area contributed by atoms with Crippen molar-refractivity contribution >= 4 is 11.8 Å². The van der Waals surface area contributed by atoms with Gasteiger partial charge >= 0.3 is 5.97 Å². The fourth-order valence-corrected chi connectivity index (χ4v) is 1.03. The van der Waals surface area contributed by atoms with Crippen molar-refractivity contribution in [3.05, 3.63) is 0 Å². The van der Waals surface area contributed by atoms with Crippen LogP contribution in [-0.2, 0) is 9.59 Å². The van der Waals surface area contributed by atoms with E-state index in [1.807, 2.05) is 0 Å². The van der Waals surface area contributed by atoms with Crippen LogP contribution >= 0.6 is 0 Å². The number of carboxylic acid groups (broad SMARTS) is 1. The van der Waals surface area contributed by atoms with E-state index in [1.54, 1.807) is 13.8 Å². The molecule has 0 aliphatic rings. The molecule has 0 bridgehead atoms. The lowest BCUT2D eigenvalue weighted by Crippen LogP contribution is -2.25. The number of ketones is 1. The lowest BCUT2D eigenvalue weighted by Gasteiger charge is -2.14. The highest BCUT2D eigenvalue weighted by Crippen LogP contribution is 2.16. The van der Waals surface area contributed by atoms with Crippen LogP contribution in [-0.4, -0.2) is 16.9 Å². The molecule has 0 rings (SSSR count). The fraction of sp³-hybridized carbons (Fsp3) is 0.800. The third-order valence-electron chi connectivity index (χ3n) is 2.00. The number of hydrogen-bond acceptors (Lipinski definition) is 2. The molecule has 0 spiro atoms. The molecule has 0 aromatic carbocycles. The van der Waals surface area contributed by atoms with E-state index in [-0.39, 0.29) is 26.6 Å². The second kappa shape index (κ2) is 7.77. The predicted octanol–water partition coefficient (Wildman–Crippen LogP) is 2.59. The van der Waals surface area contributed by atoms with E-state index in [9.17, 15) is 9.59 Å². The molecule has 2 unspecified atom stereocenters. The molecule has 13 heavy (non-hydrogen) atoms. The molecular formula is C10H22O3. The normalized spacial score (nSPS) is 13.2. The third kappa shape index (κ3) is 5.39. The van der Waals surface area contributed by atoms with Gasteiger partial charge in [0.25, 0.3) is 0 Å². The maximum Gasteiger partial charge on any atom is 0.307 e. The summed E-state index contributed by atoms with van der Waals surface area (Å²) in [6, 6.07) is 0. The Bertz CT molecular complexity index is 164. The first-order valence-electron chi connectivity index (χ1n) is 3.74. The molecule has 1 N–H and O–H groups in total. The molecule has 0 saturated heterocycles. The van der Waals surface area contributed by atoms with E-state index in [0.29, 0.717) is 6.42 Å². The molecule has 0 fully saturated rings. The lowest BCUT2D eigenvalue weighted by atomic mass is 9.89. The Kier molecular flexibility index (Phi) is 10.8. The van der Waals surface area contributed by atoms with E-state index in [2.05, 4.69) is 0 Å². The highest BCUT2D eigenvalue weighted by atomic mass is 16.4. The van der Waals surface area contributed by atoms with Gasteiger partial charge in [-0.15, -0.1) is 0 Å². The molecular weight excluding hydrogens is 168 g/mol. The van der Waals surface area contributed by atoms with Crippen LogP contribution < -0.4 is 0 Å². The number of carbonyl (C=O) groups excluding carboxylic acids is 1. The van der Waals surface area contributed by atoms with Gasteiger partial charge in [0.05, 0.1) is 5.92 Å². The second-order valence-corrected chi connectivity index (χ2v) is 2.75. The van der Waals surface area contributed by atoms with Gasteiger partial charge in [0, 0.05) is 5.92 Å². The van der Waals surface area contributed by atoms with E-state index in [4.69, 9.17) is 5.11 Å². The Morgan fingerprint density at radius 1 is 1.31 bits per heavy atom. The van der Waals surface area contributed by atoms with Crippen molar-refractivity contribution in [1.29, 1.82) is 0 Å². The third-order valence-corrected chi connectivity index (χ3v) is 2.00. The minimum absolute atomic E-state index is 0. The Labute approximate surface area is 81.2 Å². The first-order valence-corrected chi connectivity index (χ1v) is 3.74. The summed E-state index contributed by atoms with van der Waals surface area (Å²) in [5.41, 5.74) is 0. The van der Waals surface area contributed by atoms with Crippen molar-refractivity contribution in [3.63, 3.8) is 0 Å². The Hall–Kier alpha value is -0.860. The Morgan fingerprint density at radius 2 is 1.69 bits per heavy atom. The molecule has 0 heterocycles. The smallest absolute Gasteiger partial charge is 0.307 e. The molecule has 0 amide bonds. The summed E-state index contributed by atoms with van der Waals surface area (Å²) < 4.78 is 0. The lowest BCUT2D eigenvalue weighted by molar-refractivity contribution is -0.146. The molecule has 2 atom stereocenters. The largest absolute Gasteiger partial charge is 0.481 e. The molecule has 0 aliphatic heterocycles. The van der Waals surface area contributed by atoms with Gasteiger partial charge in [0.15, 0.2) is 0 Å². The fourth-order valence-electron chi connectivity index (χ4n) is 1.03. The maximum atomic E-state index is 10.8. The SMILES string of the molecule is C.C.CCC(C(=O)O)C(C)C(C)=O. The zero-order valence-electron chi connectivity index (χ0n) is 7.13. The molecule has 0 radical (unpaired) electrons. The molecule has 80 valence electrons. The van der Waals surface area contributed by atoms with Crippen molar-refractivity contribution < 1.29 is 14.7 Å². The van der Waals surface area contributed by atoms with Crippen molar-refractivity contribution in [2.45, 2.75) is 42.0 Å². The van der Waals surface area contributed by atoms with Crippen LogP contribution in [0.2, 0.25) is 0 Å². The molecule has 0 aliphatic carbocycles. The predicted molar refractivity (Wildman–Crippen MR) is 54.7 cm³/mol. The summed E-state index contributed by atoms with van der Waals surface area (Å²) >= 11 is 0. The average Bonchev–Trinajstić information content (AvgIpc) is 1.88. The summed E-state index contributed by atoms with van der Waals surface area (Å²) in [7, 11) is 0. The molecule has 3 nitrogen and oxygen atoms in total. The summed E-state index contributed by atoms with van der Waals surface area (Å²) in [4.78, 5) is 21.3. The summed E-state index contributed by atoms with van der Waals surface area (Å²) in [6.07, 6.45) is 0.510. The molecule has 3 heteroatoms. The van der Waals surface area contributed by atoms with Crippen LogP contribution in [0.15, 0.2) is 0 Å². The van der Waals surface area contributed by atoms with Crippen molar-refractivity contribution in [3.8, 4) is 0 Å². The van der Waals surface area contributed by atoms with Crippen LogP contribution in [0.1, 0.15) is 42.0 Å².